The number of aromatic carboxylic acids is 1. The van der Waals surface area contributed by atoms with Gasteiger partial charge in [-0.25, -0.2) is 13.6 Å². The van der Waals surface area contributed by atoms with Crippen molar-refractivity contribution < 1.29 is 18.7 Å². The number of carboxylic acids is 1. The predicted octanol–water partition coefficient (Wildman–Crippen LogP) is 5.14. The van der Waals surface area contributed by atoms with Gasteiger partial charge in [0.2, 0.25) is 0 Å². The average molecular weight is 329 g/mol. The van der Waals surface area contributed by atoms with E-state index in [0.29, 0.717) is 0 Å². The van der Waals surface area contributed by atoms with Crippen LogP contribution < -0.4 is 0 Å². The molecule has 1 heterocycles. The molecule has 2 unspecified atom stereocenters. The molecule has 3 rings (SSSR count). The van der Waals surface area contributed by atoms with Gasteiger partial charge in [0.1, 0.15) is 11.7 Å². The lowest BCUT2D eigenvalue weighted by Crippen LogP contribution is -2.14. The number of allylic oxidation sites excluding steroid dienone is 4. The van der Waals surface area contributed by atoms with Crippen molar-refractivity contribution in [1.29, 1.82) is 0 Å². The zero-order valence-electron chi connectivity index (χ0n) is 13.1. The number of hydrogen-bond acceptors (Lipinski definition) is 1. The number of hydrogen-bond donors (Lipinski definition) is 1. The Kier molecular flexibility index (Phi) is 4.34. The van der Waals surface area contributed by atoms with Crippen LogP contribution in [-0.4, -0.2) is 15.6 Å². The SMILES string of the molecule is CC1C(F)=C(F)CC=CC1n1ccc(-c2ccc(C(=O)O)cc2)c1. The molecule has 0 amide bonds. The Morgan fingerprint density at radius 1 is 1.17 bits per heavy atom. The van der Waals surface area contributed by atoms with Gasteiger partial charge in [-0.15, -0.1) is 0 Å². The van der Waals surface area contributed by atoms with Crippen molar-refractivity contribution in [3.8, 4) is 11.1 Å². The monoisotopic (exact) mass is 329 g/mol. The molecule has 0 saturated heterocycles. The fraction of sp³-hybridized carbons (Fsp3) is 0.211. The van der Waals surface area contributed by atoms with E-state index in [-0.39, 0.29) is 18.0 Å². The van der Waals surface area contributed by atoms with Crippen LogP contribution in [-0.2, 0) is 0 Å². The minimum absolute atomic E-state index is 0.0164. The molecule has 0 aliphatic heterocycles. The summed E-state index contributed by atoms with van der Waals surface area (Å²) in [6, 6.07) is 8.12. The third-order valence-electron chi connectivity index (χ3n) is 4.33. The Balaban J connectivity index is 1.89. The van der Waals surface area contributed by atoms with Crippen LogP contribution in [0.25, 0.3) is 11.1 Å². The summed E-state index contributed by atoms with van der Waals surface area (Å²) in [6.45, 7) is 1.66. The van der Waals surface area contributed by atoms with Crippen molar-refractivity contribution in [2.24, 2.45) is 5.92 Å². The number of carboxylic acid groups (broad SMARTS) is 1. The first-order valence-corrected chi connectivity index (χ1v) is 7.69. The molecule has 0 spiro atoms. The summed E-state index contributed by atoms with van der Waals surface area (Å²) in [6.07, 6.45) is 7.12. The molecule has 0 fully saturated rings. The quantitative estimate of drug-likeness (QED) is 0.792. The van der Waals surface area contributed by atoms with E-state index in [1.165, 1.54) is 0 Å². The van der Waals surface area contributed by atoms with Crippen LogP contribution in [0, 0.1) is 5.92 Å². The van der Waals surface area contributed by atoms with Gasteiger partial charge in [-0.05, 0) is 29.3 Å². The zero-order valence-corrected chi connectivity index (χ0v) is 13.1. The van der Waals surface area contributed by atoms with Gasteiger partial charge >= 0.3 is 5.97 Å². The Bertz CT molecular complexity index is 818. The number of rotatable bonds is 3. The summed E-state index contributed by atoms with van der Waals surface area (Å²) in [5.74, 6) is -2.97. The van der Waals surface area contributed by atoms with E-state index < -0.39 is 23.5 Å². The maximum absolute atomic E-state index is 14.0. The number of halogens is 2. The molecule has 1 aliphatic carbocycles. The second-order valence-electron chi connectivity index (χ2n) is 5.89. The molecule has 0 radical (unpaired) electrons. The lowest BCUT2D eigenvalue weighted by Gasteiger charge is -2.20. The molecule has 0 saturated carbocycles. The van der Waals surface area contributed by atoms with Gasteiger partial charge in [0, 0.05) is 24.7 Å². The third kappa shape index (κ3) is 3.02. The lowest BCUT2D eigenvalue weighted by molar-refractivity contribution is 0.0697. The fourth-order valence-electron chi connectivity index (χ4n) is 2.90. The average Bonchev–Trinajstić information content (AvgIpc) is 3.02. The molecule has 1 N–H and O–H groups in total. The normalized spacial score (nSPS) is 21.0. The van der Waals surface area contributed by atoms with Gasteiger partial charge in [0.25, 0.3) is 0 Å². The molecule has 2 atom stereocenters. The Hall–Kier alpha value is -2.69. The smallest absolute Gasteiger partial charge is 0.335 e. The highest BCUT2D eigenvalue weighted by Gasteiger charge is 2.25. The van der Waals surface area contributed by atoms with Crippen LogP contribution >= 0.6 is 0 Å². The molecule has 1 aromatic carbocycles. The van der Waals surface area contributed by atoms with Crippen LogP contribution in [0.2, 0.25) is 0 Å². The highest BCUT2D eigenvalue weighted by Crippen LogP contribution is 2.35. The molecular weight excluding hydrogens is 312 g/mol. The summed E-state index contributed by atoms with van der Waals surface area (Å²) in [4.78, 5) is 10.9. The van der Waals surface area contributed by atoms with E-state index in [0.717, 1.165) is 11.1 Å². The maximum atomic E-state index is 14.0. The van der Waals surface area contributed by atoms with Crippen LogP contribution in [0.4, 0.5) is 8.78 Å². The van der Waals surface area contributed by atoms with E-state index >= 15 is 0 Å². The molecular formula is C19H17F2NO2. The molecule has 1 aliphatic rings. The predicted molar refractivity (Wildman–Crippen MR) is 88.0 cm³/mol. The van der Waals surface area contributed by atoms with Crippen molar-refractivity contribution in [1.82, 2.24) is 4.57 Å². The Labute approximate surface area is 138 Å². The summed E-state index contributed by atoms with van der Waals surface area (Å²) < 4.78 is 29.4. The van der Waals surface area contributed by atoms with Crippen molar-refractivity contribution in [3.63, 3.8) is 0 Å². The molecule has 0 bridgehead atoms. The van der Waals surface area contributed by atoms with Crippen LogP contribution in [0.5, 0.6) is 0 Å². The number of benzene rings is 1. The fourth-order valence-corrected chi connectivity index (χ4v) is 2.90. The molecule has 3 nitrogen and oxygen atoms in total. The molecule has 2 aromatic rings. The van der Waals surface area contributed by atoms with Crippen molar-refractivity contribution >= 4 is 5.97 Å². The zero-order chi connectivity index (χ0) is 17.3. The topological polar surface area (TPSA) is 42.2 Å². The second kappa shape index (κ2) is 6.43. The van der Waals surface area contributed by atoms with Crippen molar-refractivity contribution in [3.05, 3.63) is 72.1 Å². The van der Waals surface area contributed by atoms with Gasteiger partial charge in [0.05, 0.1) is 11.6 Å². The first kappa shape index (κ1) is 16.2. The van der Waals surface area contributed by atoms with Gasteiger partial charge in [-0.3, -0.25) is 0 Å². The van der Waals surface area contributed by atoms with E-state index in [4.69, 9.17) is 5.11 Å². The van der Waals surface area contributed by atoms with E-state index in [2.05, 4.69) is 0 Å². The standard InChI is InChI=1S/C19H17F2NO2/c1-12-17(4-2-3-16(20)18(12)21)22-10-9-15(11-22)13-5-7-14(8-6-13)19(23)24/h2,4-12,17H,3H2,1H3,(H,23,24). The maximum Gasteiger partial charge on any atom is 0.335 e. The Morgan fingerprint density at radius 3 is 2.54 bits per heavy atom. The largest absolute Gasteiger partial charge is 0.478 e. The first-order chi connectivity index (χ1) is 11.5. The van der Waals surface area contributed by atoms with Crippen molar-refractivity contribution in [2.75, 3.05) is 0 Å². The molecule has 1 aromatic heterocycles. The highest BCUT2D eigenvalue weighted by atomic mass is 19.2. The van der Waals surface area contributed by atoms with Gasteiger partial charge < -0.3 is 9.67 Å². The first-order valence-electron chi connectivity index (χ1n) is 7.69. The van der Waals surface area contributed by atoms with Crippen LogP contribution in [0.3, 0.4) is 0 Å². The number of aromatic nitrogens is 1. The lowest BCUT2D eigenvalue weighted by atomic mass is 10.0. The van der Waals surface area contributed by atoms with Crippen LogP contribution in [0.1, 0.15) is 29.7 Å². The molecule has 24 heavy (non-hydrogen) atoms. The summed E-state index contributed by atoms with van der Waals surface area (Å²) in [5.41, 5.74) is 1.98. The van der Waals surface area contributed by atoms with E-state index in [1.54, 1.807) is 37.3 Å². The Morgan fingerprint density at radius 2 is 1.88 bits per heavy atom. The minimum Gasteiger partial charge on any atom is -0.478 e. The summed E-state index contributed by atoms with van der Waals surface area (Å²) >= 11 is 0. The van der Waals surface area contributed by atoms with Crippen molar-refractivity contribution in [2.45, 2.75) is 19.4 Å². The van der Waals surface area contributed by atoms with Gasteiger partial charge in [-0.1, -0.05) is 31.2 Å². The second-order valence-corrected chi connectivity index (χ2v) is 5.89. The van der Waals surface area contributed by atoms with E-state index in [1.807, 2.05) is 29.1 Å². The highest BCUT2D eigenvalue weighted by molar-refractivity contribution is 5.88. The number of nitrogens with zero attached hydrogens (tertiary/aromatic N) is 1. The summed E-state index contributed by atoms with van der Waals surface area (Å²) in [7, 11) is 0. The minimum atomic E-state index is -0.971. The van der Waals surface area contributed by atoms with Gasteiger partial charge in [-0.2, -0.15) is 0 Å². The molecule has 5 heteroatoms. The van der Waals surface area contributed by atoms with Gasteiger partial charge in [0.15, 0.2) is 0 Å². The molecule has 124 valence electrons. The van der Waals surface area contributed by atoms with E-state index in [9.17, 15) is 13.6 Å². The number of carbonyl (C=O) groups is 1. The summed E-state index contributed by atoms with van der Waals surface area (Å²) in [5, 5.41) is 8.94. The van der Waals surface area contributed by atoms with Crippen LogP contribution in [0.15, 0.2) is 66.5 Å². The third-order valence-corrected chi connectivity index (χ3v) is 4.33.